The van der Waals surface area contributed by atoms with Crippen LogP contribution in [0.2, 0.25) is 0 Å². The number of nitrogens with one attached hydrogen (secondary N) is 2. The summed E-state index contributed by atoms with van der Waals surface area (Å²) in [6.07, 6.45) is 3.45. The molecule has 0 saturated carbocycles. The third-order valence-corrected chi connectivity index (χ3v) is 9.09. The first-order valence-electron chi connectivity index (χ1n) is 8.59. The number of rotatable bonds is 6. The molecule has 3 nitrogen and oxygen atoms in total. The van der Waals surface area contributed by atoms with Crippen LogP contribution in [-0.4, -0.2) is 33.7 Å². The molecule has 0 aromatic heterocycles. The van der Waals surface area contributed by atoms with Crippen LogP contribution in [0.1, 0.15) is 19.3 Å². The van der Waals surface area contributed by atoms with Gasteiger partial charge in [-0.25, -0.2) is 0 Å². The first kappa shape index (κ1) is 18.1. The highest BCUT2D eigenvalue weighted by atomic mass is 35.5. The molecule has 4 unspecified atom stereocenters. The smallest absolute Gasteiger partial charge is 0.231 e. The largest absolute Gasteiger partial charge is 0.331 e. The lowest BCUT2D eigenvalue weighted by atomic mass is 9.96. The van der Waals surface area contributed by atoms with Crippen molar-refractivity contribution in [2.24, 2.45) is 5.92 Å². The molecule has 0 spiro atoms. The Morgan fingerprint density at radius 2 is 2.08 bits per heavy atom. The molecular formula is C18H21ClN2OS3. The van der Waals surface area contributed by atoms with Gasteiger partial charge < -0.3 is 5.32 Å². The third kappa shape index (κ3) is 4.19. The minimum Gasteiger partial charge on any atom is -0.331 e. The monoisotopic (exact) mass is 412 g/mol. The molecule has 1 fully saturated rings. The molecule has 1 saturated heterocycles. The minimum absolute atomic E-state index is 0.0377. The topological polar surface area (TPSA) is 41.1 Å². The summed E-state index contributed by atoms with van der Waals surface area (Å²) in [6, 6.07) is 10.3. The zero-order chi connectivity index (χ0) is 17.2. The van der Waals surface area contributed by atoms with Crippen molar-refractivity contribution in [2.45, 2.75) is 40.4 Å². The molecule has 134 valence electrons. The van der Waals surface area contributed by atoms with E-state index < -0.39 is 0 Å². The Kier molecular flexibility index (Phi) is 5.92. The number of allylic oxidation sites excluding steroid dienone is 1. The van der Waals surface area contributed by atoms with Crippen LogP contribution in [0.4, 0.5) is 0 Å². The number of halogens is 1. The molecule has 7 heteroatoms. The van der Waals surface area contributed by atoms with E-state index in [1.807, 2.05) is 30.0 Å². The van der Waals surface area contributed by atoms with E-state index in [1.165, 1.54) is 21.8 Å². The fraction of sp³-hybridized carbons (Fsp3) is 0.500. The number of thioether (sulfide) groups is 3. The maximum absolute atomic E-state index is 12.5. The Morgan fingerprint density at radius 3 is 2.92 bits per heavy atom. The minimum atomic E-state index is -0.0377. The van der Waals surface area contributed by atoms with Gasteiger partial charge in [0.05, 0.1) is 16.7 Å². The van der Waals surface area contributed by atoms with Crippen LogP contribution in [0.25, 0.3) is 0 Å². The van der Waals surface area contributed by atoms with E-state index in [9.17, 15) is 4.79 Å². The number of carbonyl (C=O) groups is 1. The van der Waals surface area contributed by atoms with Gasteiger partial charge in [-0.1, -0.05) is 18.2 Å². The van der Waals surface area contributed by atoms with E-state index in [0.717, 1.165) is 24.3 Å². The van der Waals surface area contributed by atoms with Crippen LogP contribution >= 0.6 is 46.9 Å². The van der Waals surface area contributed by atoms with Gasteiger partial charge >= 0.3 is 0 Å². The molecule has 2 heterocycles. The van der Waals surface area contributed by atoms with E-state index in [0.29, 0.717) is 0 Å². The van der Waals surface area contributed by atoms with Gasteiger partial charge in [0.25, 0.3) is 0 Å². The molecule has 2 aliphatic heterocycles. The zero-order valence-corrected chi connectivity index (χ0v) is 16.9. The number of carbonyl (C=O) groups excluding carboxylic acids is 1. The molecule has 0 radical (unpaired) electrons. The first-order chi connectivity index (χ1) is 12.2. The van der Waals surface area contributed by atoms with Crippen molar-refractivity contribution in [3.05, 3.63) is 40.8 Å². The van der Waals surface area contributed by atoms with Gasteiger partial charge in [0, 0.05) is 16.4 Å². The van der Waals surface area contributed by atoms with E-state index in [1.54, 1.807) is 23.5 Å². The van der Waals surface area contributed by atoms with E-state index in [-0.39, 0.29) is 28.1 Å². The van der Waals surface area contributed by atoms with Gasteiger partial charge in [-0.05, 0) is 41.9 Å². The predicted octanol–water partition coefficient (Wildman–Crippen LogP) is 4.25. The van der Waals surface area contributed by atoms with Gasteiger partial charge in [-0.15, -0.1) is 46.9 Å². The molecule has 25 heavy (non-hydrogen) atoms. The molecule has 2 N–H and O–H groups in total. The Bertz CT molecular complexity index is 670. The molecule has 4 rings (SSSR count). The second kappa shape index (κ2) is 8.17. The van der Waals surface area contributed by atoms with Gasteiger partial charge in [-0.2, -0.15) is 0 Å². The maximum atomic E-state index is 12.5. The van der Waals surface area contributed by atoms with Crippen LogP contribution < -0.4 is 10.6 Å². The molecule has 1 aliphatic carbocycles. The summed E-state index contributed by atoms with van der Waals surface area (Å²) < 4.78 is 0. The summed E-state index contributed by atoms with van der Waals surface area (Å²) in [4.78, 5) is 15.2. The van der Waals surface area contributed by atoms with Gasteiger partial charge in [0.2, 0.25) is 5.91 Å². The number of amides is 1. The van der Waals surface area contributed by atoms with Gasteiger partial charge in [-0.3, -0.25) is 10.1 Å². The lowest BCUT2D eigenvalue weighted by Gasteiger charge is -2.34. The summed E-state index contributed by atoms with van der Waals surface area (Å²) in [7, 11) is 0. The average Bonchev–Trinajstić information content (AvgIpc) is 3.19. The summed E-state index contributed by atoms with van der Waals surface area (Å²) in [5.41, 5.74) is 1.35. The number of hydrogen-bond acceptors (Lipinski definition) is 5. The molecular weight excluding hydrogens is 392 g/mol. The number of hydrogen-bond donors (Lipinski definition) is 2. The molecule has 1 aromatic carbocycles. The fourth-order valence-electron chi connectivity index (χ4n) is 3.48. The van der Waals surface area contributed by atoms with E-state index in [2.05, 4.69) is 22.8 Å². The summed E-state index contributed by atoms with van der Waals surface area (Å²) in [5.74, 6) is 1.91. The fourth-order valence-corrected chi connectivity index (χ4v) is 7.51. The van der Waals surface area contributed by atoms with Crippen molar-refractivity contribution >= 4 is 52.8 Å². The van der Waals surface area contributed by atoms with Gasteiger partial charge in [0.15, 0.2) is 0 Å². The standard InChI is InChI=1S/C18H21ClN2OS3/c19-11(9-23-12-5-2-1-3-6-12)10-24-18-20-16(22)15-13-7-4-8-14(13)25-17(15)21-18/h1-3,5-6,11,15,17-18,21H,4,7-10H2,(H,20,22). The highest BCUT2D eigenvalue weighted by molar-refractivity contribution is 8.04. The number of fused-ring (bicyclic) bond motifs is 2. The molecule has 1 amide bonds. The van der Waals surface area contributed by atoms with Crippen molar-refractivity contribution in [3.8, 4) is 0 Å². The van der Waals surface area contributed by atoms with Crippen molar-refractivity contribution < 1.29 is 4.79 Å². The summed E-state index contributed by atoms with van der Waals surface area (Å²) in [5, 5.41) is 7.01. The molecule has 3 aliphatic rings. The van der Waals surface area contributed by atoms with Crippen LogP contribution in [0, 0.1) is 5.92 Å². The van der Waals surface area contributed by atoms with Crippen LogP contribution in [-0.2, 0) is 4.79 Å². The summed E-state index contributed by atoms with van der Waals surface area (Å²) >= 11 is 11.8. The number of benzene rings is 1. The Balaban J connectivity index is 1.24. The van der Waals surface area contributed by atoms with Crippen LogP contribution in [0.5, 0.6) is 0 Å². The normalized spacial score (nSPS) is 29.3. The van der Waals surface area contributed by atoms with Crippen molar-refractivity contribution in [3.63, 3.8) is 0 Å². The second-order valence-electron chi connectivity index (χ2n) is 6.43. The summed E-state index contributed by atoms with van der Waals surface area (Å²) in [6.45, 7) is 0. The Morgan fingerprint density at radius 1 is 1.24 bits per heavy atom. The maximum Gasteiger partial charge on any atom is 0.231 e. The second-order valence-corrected chi connectivity index (χ2v) is 10.5. The van der Waals surface area contributed by atoms with E-state index >= 15 is 0 Å². The Hall–Kier alpha value is -0.270. The average molecular weight is 413 g/mol. The molecule has 1 aromatic rings. The van der Waals surface area contributed by atoms with Crippen molar-refractivity contribution in [2.75, 3.05) is 11.5 Å². The first-order valence-corrected chi connectivity index (χ1v) is 11.9. The number of alkyl halides is 1. The highest BCUT2D eigenvalue weighted by Crippen LogP contribution is 2.50. The van der Waals surface area contributed by atoms with E-state index in [4.69, 9.17) is 11.6 Å². The predicted molar refractivity (Wildman–Crippen MR) is 110 cm³/mol. The lowest BCUT2D eigenvalue weighted by Crippen LogP contribution is -2.58. The van der Waals surface area contributed by atoms with Crippen LogP contribution in [0.15, 0.2) is 45.7 Å². The highest BCUT2D eigenvalue weighted by Gasteiger charge is 2.45. The third-order valence-electron chi connectivity index (χ3n) is 4.64. The zero-order valence-electron chi connectivity index (χ0n) is 13.7. The quantitative estimate of drug-likeness (QED) is 0.540. The molecule has 0 bridgehead atoms. The van der Waals surface area contributed by atoms with Crippen molar-refractivity contribution in [1.29, 1.82) is 0 Å². The van der Waals surface area contributed by atoms with Gasteiger partial charge in [0.1, 0.15) is 5.50 Å². The van der Waals surface area contributed by atoms with Crippen LogP contribution in [0.3, 0.4) is 0 Å². The van der Waals surface area contributed by atoms with Crippen molar-refractivity contribution in [1.82, 2.24) is 10.6 Å². The lowest BCUT2D eigenvalue weighted by molar-refractivity contribution is -0.125. The Labute approximate surface area is 166 Å². The SMILES string of the molecule is O=C1NC(SCC(Cl)CSc2ccccc2)NC2SC3=C(CCC3)C12. The molecule has 4 atom stereocenters.